The van der Waals surface area contributed by atoms with Crippen LogP contribution in [0.5, 0.6) is 11.5 Å². The molecule has 11 rings (SSSR count). The number of benzene rings is 6. The Bertz CT molecular complexity index is 3270. The minimum atomic E-state index is -0.0773. The van der Waals surface area contributed by atoms with Crippen molar-refractivity contribution in [2.75, 3.05) is 6.67 Å². The topological polar surface area (TPSA) is 50.8 Å². The number of hydrogen-bond donors (Lipinski definition) is 0. The Morgan fingerprint density at radius 2 is 1.28 bits per heavy atom. The second kappa shape index (κ2) is 15.9. The van der Waals surface area contributed by atoms with Gasteiger partial charge in [0.25, 0.3) is 0 Å². The molecule has 5 heterocycles. The van der Waals surface area contributed by atoms with Gasteiger partial charge in [0.1, 0.15) is 11.5 Å². The molecule has 0 radical (unpaired) electrons. The van der Waals surface area contributed by atoms with E-state index in [0.717, 1.165) is 40.0 Å². The number of pyridine rings is 1. The van der Waals surface area contributed by atoms with Gasteiger partial charge in [0.2, 0.25) is 0 Å². The number of nitrogens with zero attached hydrogens (tertiary/aromatic N) is 5. The molecule has 0 aliphatic carbocycles. The summed E-state index contributed by atoms with van der Waals surface area (Å²) in [5, 5.41) is 12.5. The maximum atomic E-state index is 10.7. The van der Waals surface area contributed by atoms with Crippen LogP contribution in [0.1, 0.15) is 111 Å². The predicted molar refractivity (Wildman–Crippen MR) is 273 cm³/mol. The van der Waals surface area contributed by atoms with E-state index < -0.39 is 0 Å². The zero-order chi connectivity index (χ0) is 46.8. The molecule has 0 saturated carbocycles. The number of hydrogen-bond acceptors (Lipinski definition) is 3. The minimum Gasteiger partial charge on any atom is -0.509 e. The van der Waals surface area contributed by atoms with Crippen molar-refractivity contribution < 1.29 is 25.8 Å². The number of fused-ring (bicyclic) bond motifs is 3. The first-order valence-corrected chi connectivity index (χ1v) is 23.2. The maximum Gasteiger partial charge on any atom is 0.187 e. The molecule has 0 spiro atoms. The Kier molecular flexibility index (Phi) is 11.0. The van der Waals surface area contributed by atoms with E-state index in [9.17, 15) is 5.26 Å². The third-order valence-corrected chi connectivity index (χ3v) is 13.9. The van der Waals surface area contributed by atoms with Crippen molar-refractivity contribution in [1.82, 2.24) is 18.5 Å². The zero-order valence-corrected chi connectivity index (χ0v) is 43.1. The van der Waals surface area contributed by atoms with E-state index in [0.29, 0.717) is 26.0 Å². The molecule has 8 aromatic rings. The molecule has 0 amide bonds. The van der Waals surface area contributed by atoms with Crippen molar-refractivity contribution in [2.24, 2.45) is 0 Å². The molecule has 342 valence electrons. The van der Waals surface area contributed by atoms with Crippen LogP contribution in [-0.4, -0.2) is 16.2 Å². The van der Waals surface area contributed by atoms with Crippen LogP contribution < -0.4 is 13.7 Å². The second-order valence-corrected chi connectivity index (χ2v) is 22.7. The third kappa shape index (κ3) is 7.65. The van der Waals surface area contributed by atoms with Gasteiger partial charge in [0, 0.05) is 73.7 Å². The first-order valence-electron chi connectivity index (χ1n) is 23.2. The summed E-state index contributed by atoms with van der Waals surface area (Å²) in [7, 11) is 0. The van der Waals surface area contributed by atoms with Crippen LogP contribution in [0.15, 0.2) is 128 Å². The van der Waals surface area contributed by atoms with Crippen molar-refractivity contribution in [3.8, 4) is 34.5 Å². The van der Waals surface area contributed by atoms with Gasteiger partial charge in [-0.2, -0.15) is 11.3 Å². The molecule has 1 saturated heterocycles. The Morgan fingerprint density at radius 1 is 0.642 bits per heavy atom. The van der Waals surface area contributed by atoms with Crippen LogP contribution >= 0.6 is 0 Å². The summed E-state index contributed by atoms with van der Waals surface area (Å²) >= 11 is 0. The monoisotopic (exact) mass is 1060 g/mol. The molecule has 2 aromatic heterocycles. The molecule has 2 atom stereocenters. The number of nitriles is 1. The molecule has 3 aliphatic heterocycles. The fourth-order valence-electron chi connectivity index (χ4n) is 10.1. The summed E-state index contributed by atoms with van der Waals surface area (Å²) in [4.78, 5) is 4.86. The number of rotatable bonds is 6. The number of quaternary nitrogens is 2. The average Bonchev–Trinajstić information content (AvgIpc) is 3.87. The van der Waals surface area contributed by atoms with Crippen molar-refractivity contribution in [1.29, 1.82) is 5.26 Å². The molecule has 0 N–H and O–H groups in total. The molecular weight excluding hydrogens is 1000 g/mol. The maximum absolute atomic E-state index is 10.7. The summed E-state index contributed by atoms with van der Waals surface area (Å²) in [5.74, 6) is 1.77. The van der Waals surface area contributed by atoms with Gasteiger partial charge in [-0.3, -0.25) is 4.48 Å². The fourth-order valence-corrected chi connectivity index (χ4v) is 10.1. The normalized spacial score (nSPS) is 18.0. The first kappa shape index (κ1) is 46.3. The van der Waals surface area contributed by atoms with Gasteiger partial charge < -0.3 is 13.8 Å². The standard InChI is InChI=1S/C60H60N5O.Pt/c1-57(2,3)41-19-15-18-39(28-41)49-23-17-25-53-56(49)65(46-31-43(59(7,8)9)30-44(32-46)60(10,11)12)37-64(53,38-65)45-20-16-21-47(34-45)66-48-29-40(36-61)55-50-22-13-14-24-51(50)63(52(55)35-48)54-33-42(26-27-62-54)58(4,5)6;/h13-33,37H,38H2,1-12H3;/q-1;/t64-,65+;/m1./s1. The SMILES string of the molecule is CC(C)(C)c1cccc(-c2cccc3c2[N@@+]2(c4cc(C(C)(C)C)cc(C(C)(C)C)c4)[CH-][N@+]3(c3[c-]c(Oc4[c-]c5c(c(C#N)c4)c4ccccc4n5-c4cc(C(C)(C)C)ccn4)ccc3)C2)c1.[Pt]. The van der Waals surface area contributed by atoms with Gasteiger partial charge in [0.15, 0.2) is 18.0 Å². The van der Waals surface area contributed by atoms with Crippen LogP contribution in [-0.2, 0) is 42.7 Å². The van der Waals surface area contributed by atoms with E-state index >= 15 is 0 Å². The van der Waals surface area contributed by atoms with Gasteiger partial charge in [-0.05, 0) is 84.7 Å². The van der Waals surface area contributed by atoms with E-state index in [4.69, 9.17) is 9.72 Å². The van der Waals surface area contributed by atoms with E-state index in [1.54, 1.807) is 6.07 Å². The summed E-state index contributed by atoms with van der Waals surface area (Å²) < 4.78 is 10.0. The van der Waals surface area contributed by atoms with Crippen LogP contribution in [0.4, 0.5) is 22.7 Å². The summed E-state index contributed by atoms with van der Waals surface area (Å²) in [5.41, 5.74) is 14.4. The Labute approximate surface area is 411 Å². The smallest absolute Gasteiger partial charge is 0.187 e. The van der Waals surface area contributed by atoms with E-state index in [2.05, 4.69) is 210 Å². The Balaban J connectivity index is 0.00000562. The van der Waals surface area contributed by atoms with Crippen molar-refractivity contribution in [3.63, 3.8) is 0 Å². The predicted octanol–water partition coefficient (Wildman–Crippen LogP) is 15.7. The molecule has 3 aliphatic rings. The van der Waals surface area contributed by atoms with Gasteiger partial charge in [-0.1, -0.05) is 155 Å². The molecule has 1 fully saturated rings. The number of ether oxygens (including phenoxy) is 1. The summed E-state index contributed by atoms with van der Waals surface area (Å²) in [6, 6.07) is 53.5. The molecular formula is C60H60N5OPt-. The molecule has 0 unspecified atom stereocenters. The molecule has 6 nitrogen and oxygen atoms in total. The van der Waals surface area contributed by atoms with Crippen molar-refractivity contribution in [2.45, 2.75) is 105 Å². The molecule has 67 heavy (non-hydrogen) atoms. The number of aromatic nitrogens is 2. The van der Waals surface area contributed by atoms with Gasteiger partial charge >= 0.3 is 0 Å². The molecule has 2 bridgehead atoms. The Morgan fingerprint density at radius 3 is 1.96 bits per heavy atom. The zero-order valence-electron chi connectivity index (χ0n) is 40.9. The van der Waals surface area contributed by atoms with E-state index in [1.807, 2.05) is 24.4 Å². The summed E-state index contributed by atoms with van der Waals surface area (Å²) in [6.45, 7) is 30.6. The largest absolute Gasteiger partial charge is 0.509 e. The van der Waals surface area contributed by atoms with Crippen molar-refractivity contribution >= 4 is 44.6 Å². The first-order chi connectivity index (χ1) is 31.1. The second-order valence-electron chi connectivity index (χ2n) is 22.7. The van der Waals surface area contributed by atoms with E-state index in [-0.39, 0.29) is 42.7 Å². The van der Waals surface area contributed by atoms with Crippen LogP contribution in [0, 0.1) is 30.1 Å². The van der Waals surface area contributed by atoms with Gasteiger partial charge in [-0.25, -0.2) is 4.98 Å². The van der Waals surface area contributed by atoms with Crippen molar-refractivity contribution in [3.05, 3.63) is 174 Å². The van der Waals surface area contributed by atoms with Crippen LogP contribution in [0.3, 0.4) is 0 Å². The Hall–Kier alpha value is -5.83. The van der Waals surface area contributed by atoms with Crippen LogP contribution in [0.2, 0.25) is 0 Å². The van der Waals surface area contributed by atoms with Crippen LogP contribution in [0.25, 0.3) is 38.8 Å². The van der Waals surface area contributed by atoms with E-state index in [1.165, 1.54) is 50.4 Å². The minimum absolute atomic E-state index is 0. The summed E-state index contributed by atoms with van der Waals surface area (Å²) in [6.07, 6.45) is 1.86. The average molecular weight is 1060 g/mol. The molecule has 7 heteroatoms. The third-order valence-electron chi connectivity index (χ3n) is 13.9. The molecule has 6 aromatic carbocycles. The number of para-hydroxylation sites is 2. The quantitative estimate of drug-likeness (QED) is 0.123. The van der Waals surface area contributed by atoms with Gasteiger partial charge in [-0.15, -0.1) is 24.3 Å². The van der Waals surface area contributed by atoms with Gasteiger partial charge in [0.05, 0.1) is 12.7 Å². The fraction of sp³-hybridized carbons (Fsp3) is 0.283.